The Morgan fingerprint density at radius 2 is 1.91 bits per heavy atom. The van der Waals surface area contributed by atoms with Crippen molar-refractivity contribution >= 4 is 44.5 Å². The third kappa shape index (κ3) is 3.95. The number of furan rings is 1. The maximum Gasteiger partial charge on any atom is 0.379 e. The van der Waals surface area contributed by atoms with Crippen LogP contribution >= 0.6 is 27.5 Å². The molecule has 0 fully saturated rings. The number of carbonyl (C=O) groups is 1. The van der Waals surface area contributed by atoms with Crippen LogP contribution in [0.1, 0.15) is 38.7 Å². The van der Waals surface area contributed by atoms with E-state index in [0.29, 0.717) is 27.5 Å². The summed E-state index contributed by atoms with van der Waals surface area (Å²) in [5.41, 5.74) is 10.0. The highest BCUT2D eigenvalue weighted by Gasteiger charge is 2.32. The predicted molar refractivity (Wildman–Crippen MR) is 136 cm³/mol. The van der Waals surface area contributed by atoms with Gasteiger partial charge in [-0.1, -0.05) is 51.8 Å². The molecule has 1 unspecified atom stereocenters. The summed E-state index contributed by atoms with van der Waals surface area (Å²) in [6.07, 6.45) is 0. The number of halogens is 2. The molecule has 1 atom stereocenters. The minimum absolute atomic E-state index is 0.00427. The molecular formula is C27H18BrClN2O4. The fourth-order valence-corrected chi connectivity index (χ4v) is 4.89. The van der Waals surface area contributed by atoms with Gasteiger partial charge in [0.15, 0.2) is 0 Å². The Kier molecular flexibility index (Phi) is 5.79. The Morgan fingerprint density at radius 1 is 1.14 bits per heavy atom. The summed E-state index contributed by atoms with van der Waals surface area (Å²) in [6, 6.07) is 18.3. The highest BCUT2D eigenvalue weighted by molar-refractivity contribution is 9.10. The summed E-state index contributed by atoms with van der Waals surface area (Å²) >= 11 is 9.80. The van der Waals surface area contributed by atoms with Gasteiger partial charge in [-0.2, -0.15) is 5.26 Å². The number of nitrogens with two attached hydrogens (primary N) is 1. The number of aryl methyl sites for hydroxylation is 2. The first-order chi connectivity index (χ1) is 16.8. The van der Waals surface area contributed by atoms with E-state index in [1.54, 1.807) is 37.3 Å². The van der Waals surface area contributed by atoms with E-state index in [9.17, 15) is 10.1 Å². The summed E-state index contributed by atoms with van der Waals surface area (Å²) < 4.78 is 18.0. The van der Waals surface area contributed by atoms with E-state index in [2.05, 4.69) is 22.0 Å². The van der Waals surface area contributed by atoms with E-state index in [1.807, 2.05) is 31.2 Å². The number of benzene rings is 3. The standard InChI is InChI=1S/C27H18BrClN2O4/c1-13-9-22-18(11-21(13)29)14(2)25(34-22)27(32)33-15-7-8-17-23(10-15)35-26(31)19(12-30)24(17)16-5-3-4-6-20(16)28/h3-11,24H,31H2,1-2H3. The van der Waals surface area contributed by atoms with Crippen LogP contribution < -0.4 is 15.2 Å². The van der Waals surface area contributed by atoms with Gasteiger partial charge in [-0.15, -0.1) is 0 Å². The summed E-state index contributed by atoms with van der Waals surface area (Å²) in [7, 11) is 0. The third-order valence-electron chi connectivity index (χ3n) is 6.02. The van der Waals surface area contributed by atoms with Crippen molar-refractivity contribution in [1.82, 2.24) is 0 Å². The summed E-state index contributed by atoms with van der Waals surface area (Å²) in [5, 5.41) is 11.1. The second kappa shape index (κ2) is 8.81. The monoisotopic (exact) mass is 548 g/mol. The van der Waals surface area contributed by atoms with Crippen LogP contribution in [0.15, 0.2) is 74.9 Å². The van der Waals surface area contributed by atoms with Crippen molar-refractivity contribution in [3.63, 3.8) is 0 Å². The minimum atomic E-state index is -0.646. The third-order valence-corrected chi connectivity index (χ3v) is 7.15. The van der Waals surface area contributed by atoms with Crippen molar-refractivity contribution in [2.75, 3.05) is 0 Å². The number of ether oxygens (including phenoxy) is 2. The average molecular weight is 550 g/mol. The number of nitriles is 1. The first kappa shape index (κ1) is 23.0. The molecule has 1 aromatic heterocycles. The fourth-order valence-electron chi connectivity index (χ4n) is 4.22. The molecule has 8 heteroatoms. The molecule has 2 N–H and O–H groups in total. The Bertz CT molecular complexity index is 1600. The number of rotatable bonds is 3. The second-order valence-corrected chi connectivity index (χ2v) is 9.45. The Morgan fingerprint density at radius 3 is 2.66 bits per heavy atom. The summed E-state index contributed by atoms with van der Waals surface area (Å²) in [4.78, 5) is 13.0. The number of hydrogen-bond acceptors (Lipinski definition) is 6. The average Bonchev–Trinajstić information content (AvgIpc) is 3.14. The molecule has 0 saturated heterocycles. The molecule has 35 heavy (non-hydrogen) atoms. The number of nitrogens with zero attached hydrogens (tertiary/aromatic N) is 1. The van der Waals surface area contributed by atoms with E-state index in [-0.39, 0.29) is 17.4 Å². The SMILES string of the molecule is Cc1cc2oc(C(=O)Oc3ccc4c(c3)OC(N)=C(C#N)C4c3ccccc3Br)c(C)c2cc1Cl. The van der Waals surface area contributed by atoms with E-state index in [1.165, 1.54) is 0 Å². The Hall–Kier alpha value is -3.73. The van der Waals surface area contributed by atoms with Crippen LogP contribution in [0.2, 0.25) is 5.02 Å². The van der Waals surface area contributed by atoms with Crippen molar-refractivity contribution in [2.45, 2.75) is 19.8 Å². The molecule has 1 aliphatic heterocycles. The molecular weight excluding hydrogens is 532 g/mol. The zero-order valence-corrected chi connectivity index (χ0v) is 21.0. The normalized spacial score (nSPS) is 14.9. The lowest BCUT2D eigenvalue weighted by Crippen LogP contribution is -2.21. The van der Waals surface area contributed by atoms with Gasteiger partial charge < -0.3 is 19.6 Å². The predicted octanol–water partition coefficient (Wildman–Crippen LogP) is 6.90. The van der Waals surface area contributed by atoms with E-state index < -0.39 is 11.9 Å². The zero-order valence-electron chi connectivity index (χ0n) is 18.7. The lowest BCUT2D eigenvalue weighted by atomic mass is 9.83. The van der Waals surface area contributed by atoms with Gasteiger partial charge in [-0.25, -0.2) is 4.79 Å². The molecule has 174 valence electrons. The van der Waals surface area contributed by atoms with Gasteiger partial charge in [-0.3, -0.25) is 0 Å². The highest BCUT2D eigenvalue weighted by Crippen LogP contribution is 2.45. The minimum Gasteiger partial charge on any atom is -0.449 e. The van der Waals surface area contributed by atoms with E-state index >= 15 is 0 Å². The van der Waals surface area contributed by atoms with Crippen LogP contribution in [-0.4, -0.2) is 5.97 Å². The van der Waals surface area contributed by atoms with Crippen LogP contribution in [0.4, 0.5) is 0 Å². The van der Waals surface area contributed by atoms with Gasteiger partial charge in [0.05, 0.1) is 5.92 Å². The number of hydrogen-bond donors (Lipinski definition) is 1. The molecule has 1 aliphatic rings. The first-order valence-electron chi connectivity index (χ1n) is 10.7. The number of carbonyl (C=O) groups excluding carboxylic acids is 1. The van der Waals surface area contributed by atoms with Crippen LogP contribution in [-0.2, 0) is 0 Å². The van der Waals surface area contributed by atoms with Crippen LogP contribution in [0.5, 0.6) is 11.5 Å². The molecule has 4 aromatic rings. The van der Waals surface area contributed by atoms with E-state index in [4.69, 9.17) is 31.2 Å². The molecule has 0 amide bonds. The van der Waals surface area contributed by atoms with Gasteiger partial charge in [0.1, 0.15) is 28.7 Å². The van der Waals surface area contributed by atoms with Crippen molar-refractivity contribution in [1.29, 1.82) is 5.26 Å². The zero-order chi connectivity index (χ0) is 24.9. The Labute approximate surface area is 214 Å². The summed E-state index contributed by atoms with van der Waals surface area (Å²) in [6.45, 7) is 3.64. The molecule has 3 aromatic carbocycles. The van der Waals surface area contributed by atoms with Gasteiger partial charge in [0, 0.05) is 32.1 Å². The second-order valence-electron chi connectivity index (χ2n) is 8.19. The smallest absolute Gasteiger partial charge is 0.379 e. The van der Waals surface area contributed by atoms with Crippen molar-refractivity contribution < 1.29 is 18.7 Å². The van der Waals surface area contributed by atoms with Crippen molar-refractivity contribution in [2.24, 2.45) is 5.73 Å². The van der Waals surface area contributed by atoms with Crippen LogP contribution in [0.3, 0.4) is 0 Å². The largest absolute Gasteiger partial charge is 0.449 e. The summed E-state index contributed by atoms with van der Waals surface area (Å²) in [5.74, 6) is -0.332. The van der Waals surface area contributed by atoms with Crippen molar-refractivity contribution in [3.05, 3.63) is 104 Å². The molecule has 0 radical (unpaired) electrons. The number of fused-ring (bicyclic) bond motifs is 2. The number of esters is 1. The van der Waals surface area contributed by atoms with Crippen LogP contribution in [0.25, 0.3) is 11.0 Å². The molecule has 0 saturated carbocycles. The maximum absolute atomic E-state index is 13.0. The maximum atomic E-state index is 13.0. The van der Waals surface area contributed by atoms with E-state index in [0.717, 1.165) is 26.5 Å². The van der Waals surface area contributed by atoms with Gasteiger partial charge in [-0.05, 0) is 49.2 Å². The topological polar surface area (TPSA) is 98.5 Å². The van der Waals surface area contributed by atoms with Gasteiger partial charge in [0.2, 0.25) is 11.6 Å². The van der Waals surface area contributed by atoms with Crippen molar-refractivity contribution in [3.8, 4) is 17.6 Å². The molecule has 6 nitrogen and oxygen atoms in total. The Balaban J connectivity index is 1.50. The lowest BCUT2D eigenvalue weighted by molar-refractivity contribution is 0.0702. The number of allylic oxidation sites excluding steroid dienone is 1. The highest BCUT2D eigenvalue weighted by atomic mass is 79.9. The van der Waals surface area contributed by atoms with Gasteiger partial charge >= 0.3 is 5.97 Å². The molecule has 2 heterocycles. The molecule has 5 rings (SSSR count). The molecule has 0 bridgehead atoms. The van der Waals surface area contributed by atoms with Gasteiger partial charge in [0.25, 0.3) is 0 Å². The van der Waals surface area contributed by atoms with Crippen LogP contribution in [0, 0.1) is 25.2 Å². The quantitative estimate of drug-likeness (QED) is 0.220. The first-order valence-corrected chi connectivity index (χ1v) is 11.8. The fraction of sp³-hybridized carbons (Fsp3) is 0.111. The molecule has 0 spiro atoms. The lowest BCUT2D eigenvalue weighted by Gasteiger charge is -2.27. The molecule has 0 aliphatic carbocycles.